The van der Waals surface area contributed by atoms with Gasteiger partial charge in [0.2, 0.25) is 5.91 Å². The molecule has 0 bridgehead atoms. The minimum Gasteiger partial charge on any atom is -0.484 e. The molecule has 0 saturated heterocycles. The minimum atomic E-state index is -0.356. The van der Waals surface area contributed by atoms with Crippen molar-refractivity contribution in [2.75, 3.05) is 23.4 Å². The number of aryl methyl sites for hydroxylation is 1. The molecule has 0 atom stereocenters. The van der Waals surface area contributed by atoms with Crippen LogP contribution in [0.1, 0.15) is 25.8 Å². The van der Waals surface area contributed by atoms with E-state index in [0.717, 1.165) is 11.3 Å². The predicted molar refractivity (Wildman–Crippen MR) is 102 cm³/mol. The molecule has 27 heavy (non-hydrogen) atoms. The zero-order valence-electron chi connectivity index (χ0n) is 15.5. The van der Waals surface area contributed by atoms with Crippen LogP contribution >= 0.6 is 0 Å². The highest BCUT2D eigenvalue weighted by atomic mass is 19.1. The second-order valence-electron chi connectivity index (χ2n) is 7.03. The number of hydrogen-bond acceptors (Lipinski definition) is 3. The summed E-state index contributed by atoms with van der Waals surface area (Å²) < 4.78 is 18.2. The summed E-state index contributed by atoms with van der Waals surface area (Å²) in [5.74, 6) is 0.291. The number of fused-ring (bicyclic) bond motifs is 1. The van der Waals surface area contributed by atoms with E-state index in [1.807, 2.05) is 17.0 Å². The number of ether oxygens (including phenoxy) is 1. The highest BCUT2D eigenvalue weighted by Gasteiger charge is 2.24. The Bertz CT molecular complexity index is 834. The second kappa shape index (κ2) is 8.20. The summed E-state index contributed by atoms with van der Waals surface area (Å²) in [7, 11) is 0. The molecule has 0 unspecified atom stereocenters. The lowest BCUT2D eigenvalue weighted by Crippen LogP contribution is -2.37. The molecular formula is C21H23FN2O3. The Hall–Kier alpha value is -2.89. The van der Waals surface area contributed by atoms with Gasteiger partial charge in [-0.3, -0.25) is 9.59 Å². The fourth-order valence-electron chi connectivity index (χ4n) is 3.08. The lowest BCUT2D eigenvalue weighted by molar-refractivity contribution is -0.119. The monoisotopic (exact) mass is 370 g/mol. The molecule has 2 aromatic carbocycles. The summed E-state index contributed by atoms with van der Waals surface area (Å²) in [5, 5.41) is 2.80. The lowest BCUT2D eigenvalue weighted by atomic mass is 9.99. The number of amides is 2. The molecular weight excluding hydrogens is 347 g/mol. The van der Waals surface area contributed by atoms with Gasteiger partial charge in [0.25, 0.3) is 5.91 Å². The number of nitrogens with one attached hydrogen (secondary N) is 1. The molecule has 0 radical (unpaired) electrons. The summed E-state index contributed by atoms with van der Waals surface area (Å²) in [6.07, 6.45) is 1.14. The average molecular weight is 370 g/mol. The van der Waals surface area contributed by atoms with E-state index >= 15 is 0 Å². The molecule has 6 heteroatoms. The van der Waals surface area contributed by atoms with Crippen LogP contribution in [-0.2, 0) is 16.0 Å². The van der Waals surface area contributed by atoms with Gasteiger partial charge >= 0.3 is 0 Å². The molecule has 0 fully saturated rings. The predicted octanol–water partition coefficient (Wildman–Crippen LogP) is 3.78. The SMILES string of the molecule is CC(C)CN1C(=O)CCc2cc(NC(=O)COc3ccc(F)cc3)ccc21. The molecule has 0 saturated carbocycles. The van der Waals surface area contributed by atoms with Crippen molar-refractivity contribution in [3.63, 3.8) is 0 Å². The van der Waals surface area contributed by atoms with Crippen molar-refractivity contribution in [2.45, 2.75) is 26.7 Å². The van der Waals surface area contributed by atoms with E-state index in [2.05, 4.69) is 19.2 Å². The number of nitrogens with zero attached hydrogens (tertiary/aromatic N) is 1. The number of carbonyl (C=O) groups is 2. The molecule has 142 valence electrons. The van der Waals surface area contributed by atoms with Gasteiger partial charge in [-0.1, -0.05) is 13.8 Å². The van der Waals surface area contributed by atoms with Crippen molar-refractivity contribution < 1.29 is 18.7 Å². The third-order valence-corrected chi connectivity index (χ3v) is 4.29. The highest BCUT2D eigenvalue weighted by Crippen LogP contribution is 2.31. The first-order chi connectivity index (χ1) is 12.9. The maximum Gasteiger partial charge on any atom is 0.262 e. The Morgan fingerprint density at radius 2 is 1.93 bits per heavy atom. The first kappa shape index (κ1) is 18.9. The molecule has 0 aromatic heterocycles. The summed E-state index contributed by atoms with van der Waals surface area (Å²) in [5.41, 5.74) is 2.63. The van der Waals surface area contributed by atoms with Gasteiger partial charge < -0.3 is 15.0 Å². The van der Waals surface area contributed by atoms with E-state index in [-0.39, 0.29) is 24.2 Å². The lowest BCUT2D eigenvalue weighted by Gasteiger charge is -2.31. The number of halogens is 1. The van der Waals surface area contributed by atoms with Crippen LogP contribution in [0.5, 0.6) is 5.75 Å². The Kier molecular flexibility index (Phi) is 5.74. The van der Waals surface area contributed by atoms with Crippen molar-refractivity contribution in [1.82, 2.24) is 0 Å². The summed E-state index contributed by atoms with van der Waals surface area (Å²) >= 11 is 0. The van der Waals surface area contributed by atoms with Crippen LogP contribution in [0.3, 0.4) is 0 Å². The molecule has 1 N–H and O–H groups in total. The van der Waals surface area contributed by atoms with Gasteiger partial charge in [0.05, 0.1) is 0 Å². The fourth-order valence-corrected chi connectivity index (χ4v) is 3.08. The number of rotatable bonds is 6. The first-order valence-corrected chi connectivity index (χ1v) is 9.04. The number of hydrogen-bond donors (Lipinski definition) is 1. The third-order valence-electron chi connectivity index (χ3n) is 4.29. The fraction of sp³-hybridized carbons (Fsp3) is 0.333. The van der Waals surface area contributed by atoms with Crippen molar-refractivity contribution in [3.8, 4) is 5.75 Å². The Morgan fingerprint density at radius 3 is 2.63 bits per heavy atom. The van der Waals surface area contributed by atoms with Crippen LogP contribution in [0.15, 0.2) is 42.5 Å². The molecule has 1 aliphatic heterocycles. The van der Waals surface area contributed by atoms with Gasteiger partial charge in [-0.15, -0.1) is 0 Å². The largest absolute Gasteiger partial charge is 0.484 e. The zero-order valence-corrected chi connectivity index (χ0v) is 15.5. The maximum atomic E-state index is 12.9. The van der Waals surface area contributed by atoms with Crippen LogP contribution in [0, 0.1) is 11.7 Å². The molecule has 2 aromatic rings. The third kappa shape index (κ3) is 4.84. The second-order valence-corrected chi connectivity index (χ2v) is 7.03. The van der Waals surface area contributed by atoms with E-state index in [1.165, 1.54) is 24.3 Å². The van der Waals surface area contributed by atoms with Crippen LogP contribution < -0.4 is 15.0 Å². The van der Waals surface area contributed by atoms with Gasteiger partial charge in [0.1, 0.15) is 11.6 Å². The van der Waals surface area contributed by atoms with E-state index < -0.39 is 0 Å². The smallest absolute Gasteiger partial charge is 0.262 e. The van der Waals surface area contributed by atoms with Gasteiger partial charge in [0, 0.05) is 24.3 Å². The van der Waals surface area contributed by atoms with Gasteiger partial charge in [-0.05, 0) is 60.4 Å². The van der Waals surface area contributed by atoms with E-state index in [4.69, 9.17) is 4.74 Å². The Balaban J connectivity index is 1.63. The number of benzene rings is 2. The molecule has 1 heterocycles. The Morgan fingerprint density at radius 1 is 1.19 bits per heavy atom. The summed E-state index contributed by atoms with van der Waals surface area (Å²) in [6, 6.07) is 11.1. The Labute approximate surface area is 158 Å². The van der Waals surface area contributed by atoms with Crippen molar-refractivity contribution in [3.05, 3.63) is 53.8 Å². The molecule has 0 aliphatic carbocycles. The van der Waals surface area contributed by atoms with Crippen molar-refractivity contribution in [1.29, 1.82) is 0 Å². The van der Waals surface area contributed by atoms with E-state index in [0.29, 0.717) is 36.7 Å². The molecule has 5 nitrogen and oxygen atoms in total. The van der Waals surface area contributed by atoms with E-state index in [9.17, 15) is 14.0 Å². The summed E-state index contributed by atoms with van der Waals surface area (Å²) in [6.45, 7) is 4.68. The number of anilines is 2. The highest BCUT2D eigenvalue weighted by molar-refractivity contribution is 5.97. The molecule has 2 amide bonds. The topological polar surface area (TPSA) is 58.6 Å². The van der Waals surface area contributed by atoms with E-state index in [1.54, 1.807) is 6.07 Å². The van der Waals surface area contributed by atoms with Crippen LogP contribution in [0.2, 0.25) is 0 Å². The van der Waals surface area contributed by atoms with Crippen LogP contribution in [0.25, 0.3) is 0 Å². The minimum absolute atomic E-state index is 0.140. The molecule has 1 aliphatic rings. The normalized spacial score (nSPS) is 13.5. The standard InChI is InChI=1S/C21H23FN2O3/c1-14(2)12-24-19-9-6-17(11-15(19)3-10-21(24)26)23-20(25)13-27-18-7-4-16(22)5-8-18/h4-9,11,14H,3,10,12-13H2,1-2H3,(H,23,25). The van der Waals surface area contributed by atoms with Crippen molar-refractivity contribution in [2.24, 2.45) is 5.92 Å². The molecule has 0 spiro atoms. The van der Waals surface area contributed by atoms with Gasteiger partial charge in [-0.2, -0.15) is 0 Å². The first-order valence-electron chi connectivity index (χ1n) is 9.04. The van der Waals surface area contributed by atoms with Crippen molar-refractivity contribution >= 4 is 23.2 Å². The van der Waals surface area contributed by atoms with Gasteiger partial charge in [0.15, 0.2) is 6.61 Å². The zero-order chi connectivity index (χ0) is 19.4. The summed E-state index contributed by atoms with van der Waals surface area (Å²) in [4.78, 5) is 26.1. The van der Waals surface area contributed by atoms with Gasteiger partial charge in [-0.25, -0.2) is 4.39 Å². The quantitative estimate of drug-likeness (QED) is 0.842. The average Bonchev–Trinajstić information content (AvgIpc) is 2.63. The number of carbonyl (C=O) groups excluding carboxylic acids is 2. The molecule has 3 rings (SSSR count). The van der Waals surface area contributed by atoms with Crippen LogP contribution in [0.4, 0.5) is 15.8 Å². The maximum absolute atomic E-state index is 12.9. The van der Waals surface area contributed by atoms with Crippen LogP contribution in [-0.4, -0.2) is 25.0 Å².